The summed E-state index contributed by atoms with van der Waals surface area (Å²) in [4.78, 5) is 15.8. The molecule has 4 rings (SSSR count). The molecular weight excluding hydrogens is 390 g/mol. The minimum atomic E-state index is -1.25. The summed E-state index contributed by atoms with van der Waals surface area (Å²) in [5.41, 5.74) is 2.00. The van der Waals surface area contributed by atoms with Crippen LogP contribution >= 0.6 is 11.6 Å². The van der Waals surface area contributed by atoms with E-state index in [1.807, 2.05) is 24.3 Å². The number of rotatable bonds is 4. The molecule has 0 fully saturated rings. The number of carboxylic acid groups (broad SMARTS) is 1. The van der Waals surface area contributed by atoms with Gasteiger partial charge in [0, 0.05) is 22.0 Å². The SMILES string of the molecule is COc1ccc(-c2cc(=Nc3cccc(C(=O)[O-])c3)c3cc(Cl)ccc3o2)cc1. The largest absolute Gasteiger partial charge is 0.545 e. The van der Waals surface area contributed by atoms with Gasteiger partial charge in [-0.15, -0.1) is 0 Å². The van der Waals surface area contributed by atoms with Crippen molar-refractivity contribution in [3.63, 3.8) is 0 Å². The van der Waals surface area contributed by atoms with Gasteiger partial charge in [-0.3, -0.25) is 0 Å². The highest BCUT2D eigenvalue weighted by Crippen LogP contribution is 2.26. The summed E-state index contributed by atoms with van der Waals surface area (Å²) in [5, 5.41) is 13.0. The van der Waals surface area contributed by atoms with Gasteiger partial charge in [-0.25, -0.2) is 4.99 Å². The molecule has 29 heavy (non-hydrogen) atoms. The monoisotopic (exact) mass is 404 g/mol. The maximum Gasteiger partial charge on any atom is 0.136 e. The first-order valence-corrected chi connectivity index (χ1v) is 9.15. The van der Waals surface area contributed by atoms with Gasteiger partial charge in [-0.05, 0) is 60.2 Å². The molecule has 6 heteroatoms. The number of hydrogen-bond acceptors (Lipinski definition) is 5. The number of fused-ring (bicyclic) bond motifs is 1. The van der Waals surface area contributed by atoms with Crippen LogP contribution in [0.3, 0.4) is 0 Å². The highest BCUT2D eigenvalue weighted by Gasteiger charge is 2.08. The summed E-state index contributed by atoms with van der Waals surface area (Å²) in [6.45, 7) is 0. The fourth-order valence-corrected chi connectivity index (χ4v) is 3.14. The van der Waals surface area contributed by atoms with E-state index in [2.05, 4.69) is 4.99 Å². The predicted molar refractivity (Wildman–Crippen MR) is 109 cm³/mol. The van der Waals surface area contributed by atoms with Gasteiger partial charge >= 0.3 is 0 Å². The van der Waals surface area contributed by atoms with Crippen LogP contribution in [0.15, 0.2) is 82.2 Å². The first kappa shape index (κ1) is 18.8. The summed E-state index contributed by atoms with van der Waals surface area (Å²) < 4.78 is 11.3. The Morgan fingerprint density at radius 1 is 1.03 bits per heavy atom. The molecule has 5 nitrogen and oxygen atoms in total. The molecular formula is C23H15ClNO4-. The van der Waals surface area contributed by atoms with Crippen molar-refractivity contribution in [1.29, 1.82) is 0 Å². The topological polar surface area (TPSA) is 74.9 Å². The Morgan fingerprint density at radius 3 is 2.55 bits per heavy atom. The summed E-state index contributed by atoms with van der Waals surface area (Å²) >= 11 is 6.17. The van der Waals surface area contributed by atoms with Gasteiger partial charge in [0.2, 0.25) is 0 Å². The lowest BCUT2D eigenvalue weighted by Gasteiger charge is -2.07. The highest BCUT2D eigenvalue weighted by atomic mass is 35.5. The number of carbonyl (C=O) groups is 1. The molecule has 4 aromatic rings. The molecule has 0 aliphatic rings. The lowest BCUT2D eigenvalue weighted by Crippen LogP contribution is -2.21. The van der Waals surface area contributed by atoms with Crippen molar-refractivity contribution in [2.24, 2.45) is 4.99 Å². The van der Waals surface area contributed by atoms with Crippen molar-refractivity contribution >= 4 is 34.2 Å². The molecule has 0 aliphatic carbocycles. The Balaban J connectivity index is 1.94. The Labute approximate surface area is 171 Å². The molecule has 0 saturated heterocycles. The lowest BCUT2D eigenvalue weighted by molar-refractivity contribution is -0.255. The number of nitrogens with zero attached hydrogens (tertiary/aromatic N) is 1. The van der Waals surface area contributed by atoms with E-state index >= 15 is 0 Å². The molecule has 0 spiro atoms. The van der Waals surface area contributed by atoms with Crippen molar-refractivity contribution in [1.82, 2.24) is 0 Å². The standard InChI is InChI=1S/C23H16ClNO4/c1-28-18-8-5-14(6-9-18)22-13-20(19-12-16(24)7-10-21(19)29-22)25-17-4-2-3-15(11-17)23(26)27/h2-13H,1H3,(H,26,27)/p-1. The average Bonchev–Trinajstić information content (AvgIpc) is 2.74. The zero-order valence-corrected chi connectivity index (χ0v) is 16.1. The van der Waals surface area contributed by atoms with E-state index in [0.29, 0.717) is 32.8 Å². The number of carbonyl (C=O) groups excluding carboxylic acids is 1. The lowest BCUT2D eigenvalue weighted by atomic mass is 10.1. The van der Waals surface area contributed by atoms with Gasteiger partial charge in [0.1, 0.15) is 17.1 Å². The number of ether oxygens (including phenoxy) is 1. The molecule has 144 valence electrons. The van der Waals surface area contributed by atoms with Crippen LogP contribution in [0.5, 0.6) is 5.75 Å². The predicted octanol–water partition coefficient (Wildman–Crippen LogP) is 4.36. The maximum atomic E-state index is 11.2. The molecule has 1 heterocycles. The zero-order valence-electron chi connectivity index (χ0n) is 15.4. The Bertz CT molecular complexity index is 1280. The van der Waals surface area contributed by atoms with Crippen LogP contribution in [0.25, 0.3) is 22.3 Å². The van der Waals surface area contributed by atoms with E-state index in [4.69, 9.17) is 20.8 Å². The summed E-state index contributed by atoms with van der Waals surface area (Å²) in [6.07, 6.45) is 0. The number of methoxy groups -OCH3 is 1. The van der Waals surface area contributed by atoms with Gasteiger partial charge in [0.05, 0.1) is 24.1 Å². The fourth-order valence-electron chi connectivity index (χ4n) is 2.97. The van der Waals surface area contributed by atoms with Crippen LogP contribution in [0.1, 0.15) is 10.4 Å². The number of aromatic carboxylic acids is 1. The van der Waals surface area contributed by atoms with E-state index < -0.39 is 5.97 Å². The Morgan fingerprint density at radius 2 is 1.83 bits per heavy atom. The molecule has 0 saturated carbocycles. The van der Waals surface area contributed by atoms with Crippen LogP contribution in [-0.4, -0.2) is 13.1 Å². The molecule has 0 amide bonds. The van der Waals surface area contributed by atoms with E-state index in [0.717, 1.165) is 11.3 Å². The third kappa shape index (κ3) is 4.00. The van der Waals surface area contributed by atoms with E-state index in [1.165, 1.54) is 12.1 Å². The molecule has 0 radical (unpaired) electrons. The highest BCUT2D eigenvalue weighted by molar-refractivity contribution is 6.31. The van der Waals surface area contributed by atoms with Crippen molar-refractivity contribution in [3.8, 4) is 17.1 Å². The van der Waals surface area contributed by atoms with Gasteiger partial charge < -0.3 is 19.1 Å². The fraction of sp³-hybridized carbons (Fsp3) is 0.0435. The third-order valence-corrected chi connectivity index (χ3v) is 4.65. The minimum absolute atomic E-state index is 0.0598. The number of carboxylic acids is 1. The maximum absolute atomic E-state index is 11.2. The molecule has 1 aromatic heterocycles. The van der Waals surface area contributed by atoms with Crippen LogP contribution in [0, 0.1) is 0 Å². The molecule has 0 unspecified atom stereocenters. The second-order valence-corrected chi connectivity index (χ2v) is 6.75. The smallest absolute Gasteiger partial charge is 0.136 e. The number of benzene rings is 3. The van der Waals surface area contributed by atoms with Gasteiger partial charge in [0.15, 0.2) is 0 Å². The Kier molecular flexibility index (Phi) is 5.06. The van der Waals surface area contributed by atoms with Crippen molar-refractivity contribution in [2.45, 2.75) is 0 Å². The van der Waals surface area contributed by atoms with E-state index in [-0.39, 0.29) is 5.56 Å². The molecule has 0 aliphatic heterocycles. The van der Waals surface area contributed by atoms with E-state index in [9.17, 15) is 9.90 Å². The number of hydrogen-bond donors (Lipinski definition) is 0. The summed E-state index contributed by atoms with van der Waals surface area (Å²) in [7, 11) is 1.61. The molecule has 0 N–H and O–H groups in total. The normalized spacial score (nSPS) is 11.6. The summed E-state index contributed by atoms with van der Waals surface area (Å²) in [5.74, 6) is 0.0968. The summed E-state index contributed by atoms with van der Waals surface area (Å²) in [6, 6.07) is 20.8. The van der Waals surface area contributed by atoms with Crippen LogP contribution in [-0.2, 0) is 0 Å². The van der Waals surface area contributed by atoms with Crippen molar-refractivity contribution < 1.29 is 19.1 Å². The number of halogens is 1. The van der Waals surface area contributed by atoms with Gasteiger partial charge in [0.25, 0.3) is 0 Å². The molecule has 0 bridgehead atoms. The molecule has 3 aromatic carbocycles. The second-order valence-electron chi connectivity index (χ2n) is 6.31. The first-order chi connectivity index (χ1) is 14.0. The van der Waals surface area contributed by atoms with Crippen LogP contribution in [0.2, 0.25) is 5.02 Å². The first-order valence-electron chi connectivity index (χ1n) is 8.77. The van der Waals surface area contributed by atoms with Crippen molar-refractivity contribution in [2.75, 3.05) is 7.11 Å². The van der Waals surface area contributed by atoms with Crippen LogP contribution in [0.4, 0.5) is 5.69 Å². The van der Waals surface area contributed by atoms with Gasteiger partial charge in [-0.2, -0.15) is 0 Å². The Hall–Kier alpha value is -3.57. The van der Waals surface area contributed by atoms with Crippen LogP contribution < -0.4 is 15.2 Å². The minimum Gasteiger partial charge on any atom is -0.545 e. The second kappa shape index (κ2) is 7.81. The van der Waals surface area contributed by atoms with E-state index in [1.54, 1.807) is 43.5 Å². The zero-order chi connectivity index (χ0) is 20.4. The van der Waals surface area contributed by atoms with Crippen molar-refractivity contribution in [3.05, 3.63) is 88.7 Å². The third-order valence-electron chi connectivity index (χ3n) is 4.41. The average molecular weight is 405 g/mol. The quantitative estimate of drug-likeness (QED) is 0.506. The molecule has 0 atom stereocenters. The van der Waals surface area contributed by atoms with Gasteiger partial charge in [-0.1, -0.05) is 23.7 Å².